The second-order valence-electron chi connectivity index (χ2n) is 7.29. The molecule has 7 heteroatoms. The van der Waals surface area contributed by atoms with Gasteiger partial charge < -0.3 is 15.1 Å². The van der Waals surface area contributed by atoms with Gasteiger partial charge in [-0.15, -0.1) is 0 Å². The highest BCUT2D eigenvalue weighted by Gasteiger charge is 2.49. The van der Waals surface area contributed by atoms with Gasteiger partial charge in [0.05, 0.1) is 17.5 Å². The monoisotopic (exact) mass is 382 g/mol. The average Bonchev–Trinajstić information content (AvgIpc) is 3.54. The van der Waals surface area contributed by atoms with Crippen LogP contribution >= 0.6 is 0 Å². The number of piperazine rings is 1. The number of aromatic nitrogens is 1. The number of pyridine rings is 1. The van der Waals surface area contributed by atoms with Gasteiger partial charge in [-0.1, -0.05) is 18.2 Å². The van der Waals surface area contributed by atoms with Crippen molar-refractivity contribution in [1.29, 1.82) is 0 Å². The lowest BCUT2D eigenvalue weighted by molar-refractivity contribution is -0.135. The Morgan fingerprint density at radius 3 is 2.57 bits per heavy atom. The van der Waals surface area contributed by atoms with Crippen LogP contribution in [0.1, 0.15) is 12.0 Å². The Kier molecular flexibility index (Phi) is 5.23. The minimum absolute atomic E-state index is 0.0368. The molecule has 1 N–H and O–H groups in total. The van der Waals surface area contributed by atoms with Gasteiger partial charge in [-0.3, -0.25) is 14.6 Å². The molecule has 2 atom stereocenters. The molecule has 2 unspecified atom stereocenters. The first-order valence-corrected chi connectivity index (χ1v) is 9.58. The summed E-state index contributed by atoms with van der Waals surface area (Å²) in [6.07, 6.45) is 4.00. The van der Waals surface area contributed by atoms with E-state index in [0.717, 1.165) is 5.56 Å². The van der Waals surface area contributed by atoms with Crippen LogP contribution in [0.2, 0.25) is 0 Å². The molecule has 1 aromatic carbocycles. The number of anilines is 1. The number of halogens is 1. The van der Waals surface area contributed by atoms with Crippen molar-refractivity contribution in [2.24, 2.45) is 11.8 Å². The van der Waals surface area contributed by atoms with E-state index < -0.39 is 0 Å². The summed E-state index contributed by atoms with van der Waals surface area (Å²) in [7, 11) is 0. The van der Waals surface area contributed by atoms with Gasteiger partial charge in [-0.2, -0.15) is 0 Å². The lowest BCUT2D eigenvalue weighted by Gasteiger charge is -2.36. The van der Waals surface area contributed by atoms with Crippen molar-refractivity contribution in [2.45, 2.75) is 13.0 Å². The van der Waals surface area contributed by atoms with E-state index in [-0.39, 0.29) is 29.5 Å². The van der Waals surface area contributed by atoms with Crippen LogP contribution in [0, 0.1) is 17.7 Å². The summed E-state index contributed by atoms with van der Waals surface area (Å²) in [4.78, 5) is 32.8. The number of para-hydroxylation sites is 1. The molecule has 2 aliphatic rings. The summed E-state index contributed by atoms with van der Waals surface area (Å²) in [6.45, 7) is 2.71. The second-order valence-corrected chi connectivity index (χ2v) is 7.29. The van der Waals surface area contributed by atoms with Crippen LogP contribution in [-0.2, 0) is 16.1 Å². The van der Waals surface area contributed by atoms with Gasteiger partial charge >= 0.3 is 0 Å². The quantitative estimate of drug-likeness (QED) is 0.857. The molecule has 2 fully saturated rings. The molecule has 146 valence electrons. The van der Waals surface area contributed by atoms with Crippen molar-refractivity contribution in [3.63, 3.8) is 0 Å². The van der Waals surface area contributed by atoms with Crippen LogP contribution in [0.15, 0.2) is 48.8 Å². The van der Waals surface area contributed by atoms with E-state index >= 15 is 0 Å². The fourth-order valence-corrected chi connectivity index (χ4v) is 3.69. The molecule has 28 heavy (non-hydrogen) atoms. The molecule has 1 aromatic heterocycles. The minimum atomic E-state index is -0.242. The van der Waals surface area contributed by atoms with Gasteiger partial charge in [0.25, 0.3) is 0 Å². The Hall–Kier alpha value is -2.96. The Labute approximate surface area is 163 Å². The Morgan fingerprint density at radius 1 is 1.07 bits per heavy atom. The van der Waals surface area contributed by atoms with Crippen molar-refractivity contribution in [2.75, 3.05) is 31.1 Å². The van der Waals surface area contributed by atoms with Gasteiger partial charge in [0.15, 0.2) is 0 Å². The van der Waals surface area contributed by atoms with E-state index in [0.29, 0.717) is 44.8 Å². The molecular weight excluding hydrogens is 359 g/mol. The fourth-order valence-electron chi connectivity index (χ4n) is 3.69. The predicted octanol–water partition coefficient (Wildman–Crippen LogP) is 1.82. The number of hydrogen-bond acceptors (Lipinski definition) is 4. The standard InChI is InChI=1S/C21H23FN4O2/c22-18-5-1-2-6-19(18)25-8-10-26(11-9-25)21(28)17-12-16(17)20(27)24-14-15-4-3-7-23-13-15/h1-7,13,16-17H,8-12,14H2,(H,24,27). The molecule has 1 saturated carbocycles. The summed E-state index contributed by atoms with van der Waals surface area (Å²) >= 11 is 0. The van der Waals surface area contributed by atoms with Crippen LogP contribution in [0.5, 0.6) is 0 Å². The summed E-state index contributed by atoms with van der Waals surface area (Å²) in [6, 6.07) is 10.4. The zero-order valence-corrected chi connectivity index (χ0v) is 15.6. The van der Waals surface area contributed by atoms with E-state index in [1.54, 1.807) is 29.4 Å². The maximum absolute atomic E-state index is 13.9. The first-order valence-electron chi connectivity index (χ1n) is 9.58. The number of nitrogens with zero attached hydrogens (tertiary/aromatic N) is 3. The zero-order valence-electron chi connectivity index (χ0n) is 15.6. The van der Waals surface area contributed by atoms with Crippen molar-refractivity contribution in [1.82, 2.24) is 15.2 Å². The highest BCUT2D eigenvalue weighted by Crippen LogP contribution is 2.40. The molecule has 2 heterocycles. The third-order valence-electron chi connectivity index (χ3n) is 5.42. The second kappa shape index (κ2) is 7.96. The number of amides is 2. The molecule has 2 aromatic rings. The number of benzene rings is 1. The van der Waals surface area contributed by atoms with Crippen LogP contribution < -0.4 is 10.2 Å². The first kappa shape index (κ1) is 18.4. The van der Waals surface area contributed by atoms with E-state index in [9.17, 15) is 14.0 Å². The van der Waals surface area contributed by atoms with Crippen molar-refractivity contribution < 1.29 is 14.0 Å². The summed E-state index contributed by atoms with van der Waals surface area (Å²) in [5.74, 6) is -0.751. The normalized spacial score (nSPS) is 21.3. The average molecular weight is 382 g/mol. The van der Waals surface area contributed by atoms with Crippen LogP contribution in [0.3, 0.4) is 0 Å². The molecule has 0 spiro atoms. The molecule has 2 amide bonds. The van der Waals surface area contributed by atoms with Crippen molar-refractivity contribution in [3.8, 4) is 0 Å². The maximum atomic E-state index is 13.9. The smallest absolute Gasteiger partial charge is 0.226 e. The third-order valence-corrected chi connectivity index (χ3v) is 5.42. The summed E-state index contributed by atoms with van der Waals surface area (Å²) < 4.78 is 13.9. The number of carbonyl (C=O) groups is 2. The Morgan fingerprint density at radius 2 is 1.86 bits per heavy atom. The van der Waals surface area contributed by atoms with E-state index in [1.807, 2.05) is 23.1 Å². The van der Waals surface area contributed by atoms with Crippen molar-refractivity contribution in [3.05, 3.63) is 60.2 Å². The first-order chi connectivity index (χ1) is 13.6. The minimum Gasteiger partial charge on any atom is -0.366 e. The lowest BCUT2D eigenvalue weighted by atomic mass is 10.2. The van der Waals surface area contributed by atoms with Crippen LogP contribution in [-0.4, -0.2) is 47.9 Å². The number of rotatable bonds is 5. The molecule has 1 saturated heterocycles. The molecule has 0 radical (unpaired) electrons. The van der Waals surface area contributed by atoms with Gasteiger partial charge in [0.2, 0.25) is 11.8 Å². The largest absolute Gasteiger partial charge is 0.366 e. The topological polar surface area (TPSA) is 65.5 Å². The number of hydrogen-bond donors (Lipinski definition) is 1. The number of carbonyl (C=O) groups excluding carboxylic acids is 2. The summed E-state index contributed by atoms with van der Waals surface area (Å²) in [5.41, 5.74) is 1.51. The van der Waals surface area contributed by atoms with Gasteiger partial charge in [0.1, 0.15) is 5.82 Å². The molecule has 0 bridgehead atoms. The van der Waals surface area contributed by atoms with Crippen LogP contribution in [0.25, 0.3) is 0 Å². The fraction of sp³-hybridized carbons (Fsp3) is 0.381. The SMILES string of the molecule is O=C(NCc1cccnc1)C1CC1C(=O)N1CCN(c2ccccc2F)CC1. The molecular formula is C21H23FN4O2. The summed E-state index contributed by atoms with van der Waals surface area (Å²) in [5, 5.41) is 2.88. The molecule has 6 nitrogen and oxygen atoms in total. The van der Waals surface area contributed by atoms with E-state index in [1.165, 1.54) is 6.07 Å². The number of nitrogens with one attached hydrogen (secondary N) is 1. The van der Waals surface area contributed by atoms with Gasteiger partial charge in [0, 0.05) is 45.1 Å². The van der Waals surface area contributed by atoms with E-state index in [4.69, 9.17) is 0 Å². The molecule has 1 aliphatic heterocycles. The Bertz CT molecular complexity index is 852. The molecule has 4 rings (SSSR count). The third kappa shape index (κ3) is 3.98. The zero-order chi connectivity index (χ0) is 19.5. The van der Waals surface area contributed by atoms with Crippen LogP contribution in [0.4, 0.5) is 10.1 Å². The van der Waals surface area contributed by atoms with Gasteiger partial charge in [-0.05, 0) is 30.2 Å². The van der Waals surface area contributed by atoms with E-state index in [2.05, 4.69) is 10.3 Å². The van der Waals surface area contributed by atoms with Crippen molar-refractivity contribution >= 4 is 17.5 Å². The highest BCUT2D eigenvalue weighted by atomic mass is 19.1. The predicted molar refractivity (Wildman–Crippen MR) is 103 cm³/mol. The highest BCUT2D eigenvalue weighted by molar-refractivity contribution is 5.92. The Balaban J connectivity index is 1.25. The van der Waals surface area contributed by atoms with Gasteiger partial charge in [-0.25, -0.2) is 4.39 Å². The molecule has 1 aliphatic carbocycles. The maximum Gasteiger partial charge on any atom is 0.226 e. The lowest BCUT2D eigenvalue weighted by Crippen LogP contribution is -2.49.